The van der Waals surface area contributed by atoms with Crippen molar-refractivity contribution >= 4 is 21.7 Å². The number of hydrogen-bond acceptors (Lipinski definition) is 6. The Hall–Kier alpha value is -3.99. The SMILES string of the molecule is CCc1c(C#N)c(-c2ccc(C#N)cc2)c(C)n1Cc1cnc(Cl)c(CO)c1.O=S(=O)(O)c1ccccc1. The van der Waals surface area contributed by atoms with Crippen LogP contribution in [0.1, 0.15) is 40.6 Å². The van der Waals surface area contributed by atoms with E-state index in [0.29, 0.717) is 34.8 Å². The first-order valence-corrected chi connectivity index (χ1v) is 13.4. The maximum atomic E-state index is 10.4. The molecule has 2 aromatic heterocycles. The van der Waals surface area contributed by atoms with Gasteiger partial charge in [0.2, 0.25) is 0 Å². The molecule has 0 amide bonds. The molecule has 10 heteroatoms. The molecule has 0 unspecified atom stereocenters. The minimum atomic E-state index is -4.00. The zero-order valence-corrected chi connectivity index (χ0v) is 22.3. The second-order valence-electron chi connectivity index (χ2n) is 8.26. The summed E-state index contributed by atoms with van der Waals surface area (Å²) in [6.45, 7) is 4.36. The smallest absolute Gasteiger partial charge is 0.294 e. The van der Waals surface area contributed by atoms with Crippen LogP contribution in [0.15, 0.2) is 71.8 Å². The van der Waals surface area contributed by atoms with Crippen LogP contribution in [0.2, 0.25) is 5.15 Å². The maximum absolute atomic E-state index is 10.4. The van der Waals surface area contributed by atoms with Crippen LogP contribution in [-0.2, 0) is 29.7 Å². The highest BCUT2D eigenvalue weighted by Gasteiger charge is 2.21. The van der Waals surface area contributed by atoms with Gasteiger partial charge in [-0.05, 0) is 54.8 Å². The summed E-state index contributed by atoms with van der Waals surface area (Å²) < 4.78 is 31.3. The molecule has 2 heterocycles. The van der Waals surface area contributed by atoms with E-state index in [9.17, 15) is 18.8 Å². The second-order valence-corrected chi connectivity index (χ2v) is 10.0. The van der Waals surface area contributed by atoms with Crippen molar-refractivity contribution in [1.29, 1.82) is 10.5 Å². The average Bonchev–Trinajstić information content (AvgIpc) is 3.20. The van der Waals surface area contributed by atoms with Gasteiger partial charge in [-0.15, -0.1) is 0 Å². The maximum Gasteiger partial charge on any atom is 0.294 e. The van der Waals surface area contributed by atoms with E-state index in [1.165, 1.54) is 12.1 Å². The summed E-state index contributed by atoms with van der Waals surface area (Å²) in [5.41, 5.74) is 6.41. The first-order chi connectivity index (χ1) is 18.1. The summed E-state index contributed by atoms with van der Waals surface area (Å²) in [5.74, 6) is 0. The van der Waals surface area contributed by atoms with Crippen LogP contribution in [0.25, 0.3) is 11.1 Å². The minimum Gasteiger partial charge on any atom is -0.392 e. The molecule has 0 saturated heterocycles. The van der Waals surface area contributed by atoms with Crippen LogP contribution in [0, 0.1) is 29.6 Å². The average molecular weight is 549 g/mol. The van der Waals surface area contributed by atoms with Gasteiger partial charge in [-0.2, -0.15) is 18.9 Å². The Morgan fingerprint density at radius 1 is 1.05 bits per heavy atom. The monoisotopic (exact) mass is 548 g/mol. The number of rotatable bonds is 6. The van der Waals surface area contributed by atoms with Crippen LogP contribution in [0.5, 0.6) is 0 Å². The van der Waals surface area contributed by atoms with Gasteiger partial charge in [0.1, 0.15) is 11.2 Å². The Bertz CT molecular complexity index is 1620. The van der Waals surface area contributed by atoms with Crippen molar-refractivity contribution in [2.75, 3.05) is 0 Å². The molecule has 0 saturated carbocycles. The Balaban J connectivity index is 0.000000336. The first-order valence-electron chi connectivity index (χ1n) is 11.5. The van der Waals surface area contributed by atoms with E-state index in [-0.39, 0.29) is 11.5 Å². The van der Waals surface area contributed by atoms with Crippen LogP contribution < -0.4 is 0 Å². The number of hydrogen-bond donors (Lipinski definition) is 2. The molecular formula is C28H25ClN4O4S. The van der Waals surface area contributed by atoms with Crippen molar-refractivity contribution in [3.63, 3.8) is 0 Å². The fourth-order valence-corrected chi connectivity index (χ4v) is 4.74. The summed E-state index contributed by atoms with van der Waals surface area (Å²) in [4.78, 5) is 4.08. The van der Waals surface area contributed by atoms with Crippen molar-refractivity contribution in [2.24, 2.45) is 0 Å². The van der Waals surface area contributed by atoms with Crippen molar-refractivity contribution in [2.45, 2.75) is 38.3 Å². The van der Waals surface area contributed by atoms with Crippen LogP contribution in [-0.4, -0.2) is 27.6 Å². The molecule has 2 N–H and O–H groups in total. The lowest BCUT2D eigenvalue weighted by Crippen LogP contribution is -2.07. The molecule has 2 aromatic carbocycles. The standard InChI is InChI=1S/C22H19ClN4O.C6H6O3S/c1-3-20-19(10-25)21(17-6-4-15(9-24)5-7-17)14(2)27(20)12-16-8-18(13-28)22(23)26-11-16;7-10(8,9)6-4-2-1-3-5-6/h4-8,11,28H,3,12-13H2,1-2H3;1-5H,(H,7,8,9). The molecule has 0 aliphatic carbocycles. The molecule has 0 aliphatic heterocycles. The van der Waals surface area contributed by atoms with E-state index in [1.54, 1.807) is 36.5 Å². The van der Waals surface area contributed by atoms with Gasteiger partial charge in [-0.1, -0.05) is 48.9 Å². The quantitative estimate of drug-likeness (QED) is 0.246. The number of nitriles is 2. The lowest BCUT2D eigenvalue weighted by molar-refractivity contribution is 0.281. The Kier molecular flexibility index (Phi) is 9.40. The fraction of sp³-hybridized carbons (Fsp3) is 0.179. The minimum absolute atomic E-state index is 0.0741. The zero-order valence-electron chi connectivity index (χ0n) is 20.8. The van der Waals surface area contributed by atoms with E-state index in [2.05, 4.69) is 21.7 Å². The highest BCUT2D eigenvalue weighted by molar-refractivity contribution is 7.85. The molecule has 4 aromatic rings. The summed E-state index contributed by atoms with van der Waals surface area (Å²) in [6, 6.07) is 21.0. The number of aliphatic hydroxyl groups excluding tert-OH is 1. The summed E-state index contributed by atoms with van der Waals surface area (Å²) >= 11 is 6.00. The van der Waals surface area contributed by atoms with E-state index < -0.39 is 10.1 Å². The number of benzene rings is 2. The second kappa shape index (κ2) is 12.5. The van der Waals surface area contributed by atoms with Gasteiger partial charge >= 0.3 is 0 Å². The van der Waals surface area contributed by atoms with E-state index in [0.717, 1.165) is 28.1 Å². The molecule has 0 spiro atoms. The van der Waals surface area contributed by atoms with Crippen LogP contribution in [0.4, 0.5) is 0 Å². The molecule has 0 bridgehead atoms. The topological polar surface area (TPSA) is 140 Å². The molecule has 8 nitrogen and oxygen atoms in total. The molecule has 0 fully saturated rings. The van der Waals surface area contributed by atoms with Gasteiger partial charge in [-0.3, -0.25) is 4.55 Å². The predicted octanol–water partition coefficient (Wildman–Crippen LogP) is 5.29. The summed E-state index contributed by atoms with van der Waals surface area (Å²) in [7, 11) is -4.00. The van der Waals surface area contributed by atoms with Crippen molar-refractivity contribution in [3.05, 3.63) is 106 Å². The van der Waals surface area contributed by atoms with Crippen LogP contribution in [0.3, 0.4) is 0 Å². The fourth-order valence-electron chi connectivity index (χ4n) is 4.08. The summed E-state index contributed by atoms with van der Waals surface area (Å²) in [6.07, 6.45) is 2.39. The van der Waals surface area contributed by atoms with Crippen LogP contribution >= 0.6 is 11.6 Å². The third-order valence-corrected chi connectivity index (χ3v) is 7.11. The normalized spacial score (nSPS) is 10.7. The molecule has 0 aliphatic rings. The largest absolute Gasteiger partial charge is 0.392 e. The molecule has 0 atom stereocenters. The molecule has 4 rings (SSSR count). The molecule has 194 valence electrons. The van der Waals surface area contributed by atoms with Gasteiger partial charge in [-0.25, -0.2) is 4.98 Å². The summed E-state index contributed by atoms with van der Waals surface area (Å²) in [5, 5.41) is 28.6. The predicted molar refractivity (Wildman–Crippen MR) is 144 cm³/mol. The van der Waals surface area contributed by atoms with Gasteiger partial charge in [0, 0.05) is 35.3 Å². The lowest BCUT2D eigenvalue weighted by atomic mass is 9.99. The third kappa shape index (κ3) is 6.46. The van der Waals surface area contributed by atoms with E-state index >= 15 is 0 Å². The lowest BCUT2D eigenvalue weighted by Gasteiger charge is -2.12. The zero-order chi connectivity index (χ0) is 27.9. The van der Waals surface area contributed by atoms with Crippen molar-refractivity contribution < 1.29 is 18.1 Å². The Labute approximate surface area is 226 Å². The number of aliphatic hydroxyl groups is 1. The number of halogens is 1. The van der Waals surface area contributed by atoms with Gasteiger partial charge < -0.3 is 9.67 Å². The van der Waals surface area contributed by atoms with Gasteiger partial charge in [0.25, 0.3) is 10.1 Å². The van der Waals surface area contributed by atoms with Crippen molar-refractivity contribution in [1.82, 2.24) is 9.55 Å². The van der Waals surface area contributed by atoms with E-state index in [4.69, 9.17) is 21.4 Å². The van der Waals surface area contributed by atoms with Crippen molar-refractivity contribution in [3.8, 4) is 23.3 Å². The first kappa shape index (κ1) is 28.6. The highest BCUT2D eigenvalue weighted by atomic mass is 35.5. The van der Waals surface area contributed by atoms with E-state index in [1.807, 2.05) is 32.0 Å². The Morgan fingerprint density at radius 2 is 1.71 bits per heavy atom. The molecule has 38 heavy (non-hydrogen) atoms. The third-order valence-electron chi connectivity index (χ3n) is 5.90. The van der Waals surface area contributed by atoms with Gasteiger partial charge in [0.05, 0.1) is 28.7 Å². The molecule has 0 radical (unpaired) electrons. The number of pyridine rings is 1. The Morgan fingerprint density at radius 3 is 2.21 bits per heavy atom. The number of nitrogens with zero attached hydrogens (tertiary/aromatic N) is 4. The molecular weight excluding hydrogens is 524 g/mol. The number of aromatic nitrogens is 2. The highest BCUT2D eigenvalue weighted by Crippen LogP contribution is 2.33. The van der Waals surface area contributed by atoms with Gasteiger partial charge in [0.15, 0.2) is 0 Å².